The Kier molecular flexibility index (Phi) is 6.70. The number of amides is 2. The number of anilines is 1. The first-order valence-electron chi connectivity index (χ1n) is 9.03. The smallest absolute Gasteiger partial charge is 0.340 e. The van der Waals surface area contributed by atoms with E-state index in [1.807, 2.05) is 0 Å². The lowest BCUT2D eigenvalue weighted by Crippen LogP contribution is -2.40. The lowest BCUT2D eigenvalue weighted by Gasteiger charge is -2.30. The predicted octanol–water partition coefficient (Wildman–Crippen LogP) is 4.07. The van der Waals surface area contributed by atoms with Crippen molar-refractivity contribution in [3.05, 3.63) is 51.2 Å². The number of nitrogens with zero attached hydrogens (tertiary/aromatic N) is 1. The highest BCUT2D eigenvalue weighted by molar-refractivity contribution is 7.12. The van der Waals surface area contributed by atoms with Gasteiger partial charge in [-0.05, 0) is 48.4 Å². The van der Waals surface area contributed by atoms with Gasteiger partial charge in [0, 0.05) is 18.1 Å². The van der Waals surface area contributed by atoms with E-state index in [-0.39, 0.29) is 29.7 Å². The number of benzene rings is 1. The van der Waals surface area contributed by atoms with Crippen LogP contribution < -0.4 is 5.32 Å². The lowest BCUT2D eigenvalue weighted by atomic mass is 9.99. The second-order valence-corrected chi connectivity index (χ2v) is 8.14. The third kappa shape index (κ3) is 5.11. The summed E-state index contributed by atoms with van der Waals surface area (Å²) in [6, 6.07) is 7.94. The van der Waals surface area contributed by atoms with Crippen molar-refractivity contribution in [2.45, 2.75) is 19.8 Å². The van der Waals surface area contributed by atoms with Crippen LogP contribution in [0.25, 0.3) is 0 Å². The van der Waals surface area contributed by atoms with Crippen LogP contribution in [-0.2, 0) is 9.53 Å². The molecule has 1 fully saturated rings. The Morgan fingerprint density at radius 3 is 2.68 bits per heavy atom. The monoisotopic (exact) mass is 420 g/mol. The topological polar surface area (TPSA) is 75.7 Å². The Hall–Kier alpha value is -2.38. The molecule has 28 heavy (non-hydrogen) atoms. The molecule has 1 aliphatic rings. The summed E-state index contributed by atoms with van der Waals surface area (Å²) in [5, 5.41) is 4.84. The van der Waals surface area contributed by atoms with Crippen LogP contribution in [0, 0.1) is 5.92 Å². The first-order chi connectivity index (χ1) is 13.4. The molecule has 0 radical (unpaired) electrons. The van der Waals surface area contributed by atoms with Gasteiger partial charge in [-0.15, -0.1) is 11.3 Å². The number of piperidine rings is 1. The van der Waals surface area contributed by atoms with Gasteiger partial charge < -0.3 is 15.0 Å². The van der Waals surface area contributed by atoms with Gasteiger partial charge in [0.25, 0.3) is 11.8 Å². The zero-order valence-electron chi connectivity index (χ0n) is 15.4. The van der Waals surface area contributed by atoms with Crippen LogP contribution >= 0.6 is 22.9 Å². The summed E-state index contributed by atoms with van der Waals surface area (Å²) in [6.07, 6.45) is 1.91. The lowest BCUT2D eigenvalue weighted by molar-refractivity contribution is -0.135. The number of ether oxygens (including phenoxy) is 1. The van der Waals surface area contributed by atoms with Gasteiger partial charge in [-0.25, -0.2) is 4.79 Å². The van der Waals surface area contributed by atoms with Crippen LogP contribution in [0.15, 0.2) is 35.7 Å². The Bertz CT molecular complexity index is 861. The Morgan fingerprint density at radius 1 is 1.25 bits per heavy atom. The number of likely N-dealkylation sites (tertiary alicyclic amines) is 1. The molecule has 0 saturated carbocycles. The maximum Gasteiger partial charge on any atom is 0.340 e. The van der Waals surface area contributed by atoms with Gasteiger partial charge in [0.05, 0.1) is 16.1 Å². The summed E-state index contributed by atoms with van der Waals surface area (Å²) in [5.74, 6) is -0.629. The zero-order chi connectivity index (χ0) is 20.1. The Balaban J connectivity index is 1.64. The maximum absolute atomic E-state index is 12.5. The van der Waals surface area contributed by atoms with E-state index in [0.29, 0.717) is 28.9 Å². The molecule has 1 aromatic heterocycles. The Morgan fingerprint density at radius 2 is 2.00 bits per heavy atom. The highest BCUT2D eigenvalue weighted by Gasteiger charge is 2.22. The molecule has 3 rings (SSSR count). The van der Waals surface area contributed by atoms with Gasteiger partial charge >= 0.3 is 5.97 Å². The normalized spacial score (nSPS) is 14.6. The summed E-state index contributed by atoms with van der Waals surface area (Å²) in [7, 11) is 0. The van der Waals surface area contributed by atoms with Crippen molar-refractivity contribution >= 4 is 46.4 Å². The molecule has 0 bridgehead atoms. The van der Waals surface area contributed by atoms with Crippen molar-refractivity contribution in [1.29, 1.82) is 0 Å². The molecular formula is C20H21ClN2O4S. The largest absolute Gasteiger partial charge is 0.452 e. The van der Waals surface area contributed by atoms with Crippen molar-refractivity contribution in [3.63, 3.8) is 0 Å². The molecule has 0 aliphatic carbocycles. The van der Waals surface area contributed by atoms with E-state index in [0.717, 1.165) is 12.8 Å². The second kappa shape index (κ2) is 9.21. The van der Waals surface area contributed by atoms with Gasteiger partial charge in [0.1, 0.15) is 0 Å². The van der Waals surface area contributed by atoms with E-state index in [9.17, 15) is 14.4 Å². The van der Waals surface area contributed by atoms with Crippen LogP contribution in [0.2, 0.25) is 5.02 Å². The van der Waals surface area contributed by atoms with Crippen molar-refractivity contribution in [2.75, 3.05) is 25.0 Å². The summed E-state index contributed by atoms with van der Waals surface area (Å²) < 4.78 is 5.20. The highest BCUT2D eigenvalue weighted by Crippen LogP contribution is 2.24. The molecule has 1 aliphatic heterocycles. The van der Waals surface area contributed by atoms with Crippen molar-refractivity contribution in [2.24, 2.45) is 5.92 Å². The van der Waals surface area contributed by atoms with E-state index >= 15 is 0 Å². The fraction of sp³-hybridized carbons (Fsp3) is 0.350. The van der Waals surface area contributed by atoms with Crippen LogP contribution in [0.5, 0.6) is 0 Å². The van der Waals surface area contributed by atoms with Crippen LogP contribution in [-0.4, -0.2) is 42.4 Å². The van der Waals surface area contributed by atoms with E-state index in [1.54, 1.807) is 22.4 Å². The molecule has 0 unspecified atom stereocenters. The zero-order valence-corrected chi connectivity index (χ0v) is 17.0. The molecule has 0 spiro atoms. The molecule has 148 valence electrons. The van der Waals surface area contributed by atoms with E-state index in [4.69, 9.17) is 16.3 Å². The number of hydrogen-bond acceptors (Lipinski definition) is 5. The molecule has 8 heteroatoms. The molecule has 0 atom stereocenters. The fourth-order valence-electron chi connectivity index (χ4n) is 2.94. The first kappa shape index (κ1) is 20.4. The maximum atomic E-state index is 12.5. The number of thiophene rings is 1. The molecule has 2 amide bonds. The minimum absolute atomic E-state index is 0.148. The number of carbonyl (C=O) groups is 3. The Labute approximate surface area is 172 Å². The average molecular weight is 421 g/mol. The van der Waals surface area contributed by atoms with Crippen molar-refractivity contribution in [3.8, 4) is 0 Å². The summed E-state index contributed by atoms with van der Waals surface area (Å²) in [6.45, 7) is 3.20. The summed E-state index contributed by atoms with van der Waals surface area (Å²) in [4.78, 5) is 39.3. The van der Waals surface area contributed by atoms with Gasteiger partial charge in [-0.3, -0.25) is 9.59 Å². The number of nitrogens with one attached hydrogen (secondary N) is 1. The average Bonchev–Trinajstić information content (AvgIpc) is 3.21. The van der Waals surface area contributed by atoms with Gasteiger partial charge in [0.2, 0.25) is 0 Å². The number of carbonyl (C=O) groups excluding carboxylic acids is 3. The highest BCUT2D eigenvalue weighted by atomic mass is 35.5. The van der Waals surface area contributed by atoms with E-state index < -0.39 is 5.97 Å². The molecule has 6 nitrogen and oxygen atoms in total. The molecule has 1 saturated heterocycles. The molecule has 2 aromatic rings. The number of rotatable bonds is 5. The van der Waals surface area contributed by atoms with Gasteiger partial charge in [-0.2, -0.15) is 0 Å². The molecule has 2 heterocycles. The van der Waals surface area contributed by atoms with E-state index in [2.05, 4.69) is 12.2 Å². The molecular weight excluding hydrogens is 400 g/mol. The third-order valence-corrected chi connectivity index (χ3v) is 5.76. The quantitative estimate of drug-likeness (QED) is 0.740. The second-order valence-electron chi connectivity index (χ2n) is 6.76. The third-order valence-electron chi connectivity index (χ3n) is 4.66. The van der Waals surface area contributed by atoms with Gasteiger partial charge in [-0.1, -0.05) is 24.6 Å². The van der Waals surface area contributed by atoms with Crippen LogP contribution in [0.3, 0.4) is 0 Å². The van der Waals surface area contributed by atoms with Gasteiger partial charge in [0.15, 0.2) is 6.61 Å². The summed E-state index contributed by atoms with van der Waals surface area (Å²) in [5.41, 5.74) is 0.393. The minimum Gasteiger partial charge on any atom is -0.452 e. The van der Waals surface area contributed by atoms with E-state index in [1.165, 1.54) is 29.5 Å². The minimum atomic E-state index is -0.683. The van der Waals surface area contributed by atoms with Crippen molar-refractivity contribution in [1.82, 2.24) is 4.90 Å². The van der Waals surface area contributed by atoms with Crippen LogP contribution in [0.1, 0.15) is 39.8 Å². The number of esters is 1. The number of halogens is 1. The fourth-order valence-corrected chi connectivity index (χ4v) is 3.73. The van der Waals surface area contributed by atoms with Crippen LogP contribution in [0.4, 0.5) is 5.69 Å². The van der Waals surface area contributed by atoms with Crippen molar-refractivity contribution < 1.29 is 19.1 Å². The summed E-state index contributed by atoms with van der Waals surface area (Å²) >= 11 is 7.30. The number of hydrogen-bond donors (Lipinski definition) is 1. The first-order valence-corrected chi connectivity index (χ1v) is 10.3. The predicted molar refractivity (Wildman–Crippen MR) is 109 cm³/mol. The molecule has 1 N–H and O–H groups in total. The standard InChI is InChI=1S/C20H21ClN2O4S/c1-13-6-8-23(9-7-13)18(24)12-27-20(26)15-5-4-14(21)11-16(15)22-19(25)17-3-2-10-28-17/h2-5,10-11,13H,6-9,12H2,1H3,(H,22,25). The molecule has 1 aromatic carbocycles. The SMILES string of the molecule is CC1CCN(C(=O)COC(=O)c2ccc(Cl)cc2NC(=O)c2cccs2)CC1.